The summed E-state index contributed by atoms with van der Waals surface area (Å²) in [4.78, 5) is 5.34. The Kier molecular flexibility index (Phi) is 5.63. The van der Waals surface area contributed by atoms with E-state index >= 15 is 0 Å². The number of hydrogen-bond donors (Lipinski definition) is 1. The predicted molar refractivity (Wildman–Crippen MR) is 77.6 cm³/mol. The average Bonchev–Trinajstić information content (AvgIpc) is 2.58. The summed E-state index contributed by atoms with van der Waals surface area (Å²) < 4.78 is 0. The molecule has 0 radical (unpaired) electrons. The zero-order valence-electron chi connectivity index (χ0n) is 12.0. The van der Waals surface area contributed by atoms with Crippen LogP contribution in [-0.4, -0.2) is 25.0 Å². The quantitative estimate of drug-likeness (QED) is 0.838. The van der Waals surface area contributed by atoms with Crippen LogP contribution in [0.5, 0.6) is 0 Å². The van der Waals surface area contributed by atoms with Gasteiger partial charge in [-0.05, 0) is 45.5 Å². The summed E-state index contributed by atoms with van der Waals surface area (Å²) in [7, 11) is 4.22. The Hall–Kier alpha value is -0.380. The Labute approximate surface area is 110 Å². The first-order valence-electron chi connectivity index (χ1n) is 6.38. The molecule has 1 aromatic rings. The first-order valence-corrected chi connectivity index (χ1v) is 7.20. The van der Waals surface area contributed by atoms with Gasteiger partial charge in [0, 0.05) is 28.9 Å². The normalized spacial score (nSPS) is 13.6. The minimum atomic E-state index is 0.627. The van der Waals surface area contributed by atoms with Crippen molar-refractivity contribution in [2.45, 2.75) is 46.8 Å². The second-order valence-electron chi connectivity index (χ2n) is 5.22. The molecular formula is C14H26N2S. The summed E-state index contributed by atoms with van der Waals surface area (Å²) in [6, 6.07) is 2.97. The zero-order valence-corrected chi connectivity index (χ0v) is 12.8. The molecule has 1 heterocycles. The monoisotopic (exact) mass is 254 g/mol. The van der Waals surface area contributed by atoms with E-state index in [-0.39, 0.29) is 0 Å². The lowest BCUT2D eigenvalue weighted by Crippen LogP contribution is -2.32. The van der Waals surface area contributed by atoms with Crippen molar-refractivity contribution in [1.29, 1.82) is 0 Å². The Morgan fingerprint density at radius 2 is 2.00 bits per heavy atom. The fourth-order valence-corrected chi connectivity index (χ4v) is 2.99. The van der Waals surface area contributed by atoms with Crippen molar-refractivity contribution in [3.05, 3.63) is 21.4 Å². The maximum absolute atomic E-state index is 3.22. The van der Waals surface area contributed by atoms with Gasteiger partial charge in [-0.2, -0.15) is 0 Å². The molecule has 0 aromatic carbocycles. The molecule has 2 nitrogen and oxygen atoms in total. The van der Waals surface area contributed by atoms with E-state index in [2.05, 4.69) is 51.0 Å². The second-order valence-corrected chi connectivity index (χ2v) is 6.57. The van der Waals surface area contributed by atoms with E-state index in [1.165, 1.54) is 15.3 Å². The predicted octanol–water partition coefficient (Wildman–Crippen LogP) is 3.25. The lowest BCUT2D eigenvalue weighted by molar-refractivity contribution is 0.200. The number of hydrogen-bond acceptors (Lipinski definition) is 3. The van der Waals surface area contributed by atoms with E-state index in [0.717, 1.165) is 13.1 Å². The smallest absolute Gasteiger partial charge is 0.0296 e. The molecule has 1 rings (SSSR count). The van der Waals surface area contributed by atoms with Crippen molar-refractivity contribution in [1.82, 2.24) is 10.2 Å². The van der Waals surface area contributed by atoms with Gasteiger partial charge in [0.2, 0.25) is 0 Å². The molecule has 17 heavy (non-hydrogen) atoms. The van der Waals surface area contributed by atoms with Crippen molar-refractivity contribution in [3.63, 3.8) is 0 Å². The Morgan fingerprint density at radius 3 is 2.53 bits per heavy atom. The van der Waals surface area contributed by atoms with Gasteiger partial charge in [-0.3, -0.25) is 4.90 Å². The highest BCUT2D eigenvalue weighted by Gasteiger charge is 2.15. The number of nitrogens with zero attached hydrogens (tertiary/aromatic N) is 1. The highest BCUT2D eigenvalue weighted by molar-refractivity contribution is 7.12. The fraction of sp³-hybridized carbons (Fsp3) is 0.714. The van der Waals surface area contributed by atoms with E-state index in [4.69, 9.17) is 0 Å². The standard InChI is InChI=1S/C14H26N2S/c1-10(2)11(3)16(6)9-13-7-14(8-15-5)17-12(13)4/h7,10-11,15H,8-9H2,1-6H3. The van der Waals surface area contributed by atoms with Gasteiger partial charge < -0.3 is 5.32 Å². The van der Waals surface area contributed by atoms with E-state index in [1.807, 2.05) is 18.4 Å². The Morgan fingerprint density at radius 1 is 1.35 bits per heavy atom. The van der Waals surface area contributed by atoms with Crippen LogP contribution in [0, 0.1) is 12.8 Å². The third-order valence-electron chi connectivity index (χ3n) is 3.50. The lowest BCUT2D eigenvalue weighted by atomic mass is 10.0. The van der Waals surface area contributed by atoms with E-state index in [9.17, 15) is 0 Å². The molecule has 98 valence electrons. The van der Waals surface area contributed by atoms with Crippen LogP contribution in [-0.2, 0) is 13.1 Å². The molecule has 3 heteroatoms. The van der Waals surface area contributed by atoms with Gasteiger partial charge in [-0.1, -0.05) is 13.8 Å². The van der Waals surface area contributed by atoms with Crippen molar-refractivity contribution >= 4 is 11.3 Å². The van der Waals surface area contributed by atoms with Crippen LogP contribution in [0.4, 0.5) is 0 Å². The molecular weight excluding hydrogens is 228 g/mol. The summed E-state index contributed by atoms with van der Waals surface area (Å²) in [6.07, 6.45) is 0. The van der Waals surface area contributed by atoms with Gasteiger partial charge in [0.1, 0.15) is 0 Å². The molecule has 0 saturated carbocycles. The van der Waals surface area contributed by atoms with Crippen LogP contribution in [0.15, 0.2) is 6.07 Å². The van der Waals surface area contributed by atoms with E-state index in [0.29, 0.717) is 12.0 Å². The number of thiophene rings is 1. The van der Waals surface area contributed by atoms with Crippen molar-refractivity contribution in [3.8, 4) is 0 Å². The van der Waals surface area contributed by atoms with Gasteiger partial charge in [0.15, 0.2) is 0 Å². The first-order chi connectivity index (χ1) is 7.95. The van der Waals surface area contributed by atoms with Gasteiger partial charge in [-0.15, -0.1) is 11.3 Å². The van der Waals surface area contributed by atoms with E-state index in [1.54, 1.807) is 0 Å². The van der Waals surface area contributed by atoms with Crippen LogP contribution < -0.4 is 5.32 Å². The Balaban J connectivity index is 2.67. The summed E-state index contributed by atoms with van der Waals surface area (Å²) in [5, 5.41) is 3.22. The molecule has 0 bridgehead atoms. The maximum atomic E-state index is 3.22. The molecule has 0 saturated heterocycles. The maximum Gasteiger partial charge on any atom is 0.0296 e. The largest absolute Gasteiger partial charge is 0.315 e. The molecule has 0 aliphatic heterocycles. The van der Waals surface area contributed by atoms with Crippen LogP contribution >= 0.6 is 11.3 Å². The van der Waals surface area contributed by atoms with Crippen molar-refractivity contribution < 1.29 is 0 Å². The molecule has 0 spiro atoms. The number of aryl methyl sites for hydroxylation is 1. The molecule has 0 amide bonds. The fourth-order valence-electron chi connectivity index (χ4n) is 1.93. The van der Waals surface area contributed by atoms with Gasteiger partial charge in [0.25, 0.3) is 0 Å². The van der Waals surface area contributed by atoms with Crippen LogP contribution in [0.1, 0.15) is 36.1 Å². The number of nitrogens with one attached hydrogen (secondary N) is 1. The summed E-state index contributed by atoms with van der Waals surface area (Å²) >= 11 is 1.91. The summed E-state index contributed by atoms with van der Waals surface area (Å²) in [5.74, 6) is 0.704. The zero-order chi connectivity index (χ0) is 13.0. The van der Waals surface area contributed by atoms with Crippen molar-refractivity contribution in [2.75, 3.05) is 14.1 Å². The minimum absolute atomic E-state index is 0.627. The first kappa shape index (κ1) is 14.7. The molecule has 1 aromatic heterocycles. The molecule has 1 atom stereocenters. The van der Waals surface area contributed by atoms with Crippen LogP contribution in [0.3, 0.4) is 0 Å². The van der Waals surface area contributed by atoms with Gasteiger partial charge in [-0.25, -0.2) is 0 Å². The SMILES string of the molecule is CNCc1cc(CN(C)C(C)C(C)C)c(C)s1. The summed E-state index contributed by atoms with van der Waals surface area (Å²) in [6.45, 7) is 11.1. The molecule has 1 unspecified atom stereocenters. The van der Waals surface area contributed by atoms with Crippen molar-refractivity contribution in [2.24, 2.45) is 5.92 Å². The third kappa shape index (κ3) is 4.09. The van der Waals surface area contributed by atoms with E-state index < -0.39 is 0 Å². The molecule has 0 aliphatic rings. The lowest BCUT2D eigenvalue weighted by Gasteiger charge is -2.27. The van der Waals surface area contributed by atoms with Gasteiger partial charge >= 0.3 is 0 Å². The highest BCUT2D eigenvalue weighted by Crippen LogP contribution is 2.23. The molecule has 0 aliphatic carbocycles. The number of rotatable bonds is 6. The topological polar surface area (TPSA) is 15.3 Å². The van der Waals surface area contributed by atoms with Gasteiger partial charge in [0.05, 0.1) is 0 Å². The molecule has 0 fully saturated rings. The second kappa shape index (κ2) is 6.53. The third-order valence-corrected chi connectivity index (χ3v) is 4.60. The molecule has 1 N–H and O–H groups in total. The highest BCUT2D eigenvalue weighted by atomic mass is 32.1. The Bertz CT molecular complexity index is 344. The van der Waals surface area contributed by atoms with Crippen LogP contribution in [0.2, 0.25) is 0 Å². The minimum Gasteiger partial charge on any atom is -0.315 e. The summed E-state index contributed by atoms with van der Waals surface area (Å²) in [5.41, 5.74) is 1.48. The van der Waals surface area contributed by atoms with Crippen LogP contribution in [0.25, 0.3) is 0 Å². The average molecular weight is 254 g/mol.